The van der Waals surface area contributed by atoms with Gasteiger partial charge in [-0.3, -0.25) is 14.6 Å². The molecule has 0 aromatic heterocycles. The number of carbonyl (C=O) groups is 2. The number of imide groups is 1. The first-order valence-corrected chi connectivity index (χ1v) is 10.5. The molecule has 2 atom stereocenters. The predicted molar refractivity (Wildman–Crippen MR) is 115 cm³/mol. The predicted octanol–water partition coefficient (Wildman–Crippen LogP) is 2.10. The molecule has 8 nitrogen and oxygen atoms in total. The molecule has 9 heteroatoms. The van der Waals surface area contributed by atoms with E-state index in [4.69, 9.17) is 4.99 Å². The smallest absolute Gasteiger partial charge is 0.314 e. The Morgan fingerprint density at radius 3 is 2.39 bits per heavy atom. The Labute approximate surface area is 182 Å². The van der Waals surface area contributed by atoms with E-state index in [1.807, 2.05) is 32.8 Å². The number of amides is 3. The lowest BCUT2D eigenvalue weighted by Crippen LogP contribution is -2.64. The van der Waals surface area contributed by atoms with E-state index in [0.717, 1.165) is 36.9 Å². The second-order valence-electron chi connectivity index (χ2n) is 8.58. The Hall–Kier alpha value is -2.94. The maximum Gasteiger partial charge on any atom is 0.328 e. The third kappa shape index (κ3) is 3.56. The van der Waals surface area contributed by atoms with Gasteiger partial charge in [-0.2, -0.15) is 0 Å². The number of allylic oxidation sites excluding steroid dienone is 2. The largest absolute Gasteiger partial charge is 0.328 e. The highest BCUT2D eigenvalue weighted by Crippen LogP contribution is 2.38. The van der Waals surface area contributed by atoms with Crippen LogP contribution in [0.3, 0.4) is 0 Å². The summed E-state index contributed by atoms with van der Waals surface area (Å²) in [7, 11) is 5.76. The molecule has 0 N–H and O–H groups in total. The van der Waals surface area contributed by atoms with Gasteiger partial charge in [-0.05, 0) is 58.6 Å². The fourth-order valence-electron chi connectivity index (χ4n) is 4.41. The van der Waals surface area contributed by atoms with Crippen molar-refractivity contribution in [3.8, 4) is 0 Å². The van der Waals surface area contributed by atoms with Crippen molar-refractivity contribution >= 4 is 17.9 Å². The standard InChI is InChI=1S/C22H29FN6O2/c1-14-15(2)29-18-19(24-21(29)27(14)12-6-11-25(3)4)26(5)22(31)28(20(18)30)13-16-7-9-17(23)10-8-16/h7-10,18-19H,6,11-13H2,1-5H3. The van der Waals surface area contributed by atoms with Crippen LogP contribution < -0.4 is 0 Å². The Balaban J connectivity index is 1.59. The monoisotopic (exact) mass is 428 g/mol. The van der Waals surface area contributed by atoms with Gasteiger partial charge >= 0.3 is 6.03 Å². The van der Waals surface area contributed by atoms with Crippen LogP contribution >= 0.6 is 0 Å². The number of rotatable bonds is 6. The van der Waals surface area contributed by atoms with Crippen LogP contribution in [0.4, 0.5) is 9.18 Å². The molecule has 31 heavy (non-hydrogen) atoms. The SMILES string of the molecule is CC1=C(C)N2C(=NC3C2C(=O)N(Cc2ccc(F)cc2)C(=O)N3C)N1CCCN(C)C. The number of nitrogens with zero attached hydrogens (tertiary/aromatic N) is 6. The lowest BCUT2D eigenvalue weighted by Gasteiger charge is -2.40. The van der Waals surface area contributed by atoms with Crippen molar-refractivity contribution in [3.63, 3.8) is 0 Å². The van der Waals surface area contributed by atoms with Crippen LogP contribution in [0.2, 0.25) is 0 Å². The number of hydrogen-bond donors (Lipinski definition) is 0. The van der Waals surface area contributed by atoms with Crippen molar-refractivity contribution < 1.29 is 14.0 Å². The normalized spacial score (nSPS) is 23.3. The average molecular weight is 429 g/mol. The highest BCUT2D eigenvalue weighted by atomic mass is 19.1. The highest BCUT2D eigenvalue weighted by molar-refractivity contribution is 6.05. The number of benzene rings is 1. The molecular weight excluding hydrogens is 399 g/mol. The summed E-state index contributed by atoms with van der Waals surface area (Å²) in [6.45, 7) is 5.88. The van der Waals surface area contributed by atoms with Crippen molar-refractivity contribution in [3.05, 3.63) is 47.0 Å². The van der Waals surface area contributed by atoms with E-state index in [-0.39, 0.29) is 18.3 Å². The molecule has 1 aromatic carbocycles. The Morgan fingerprint density at radius 2 is 1.74 bits per heavy atom. The Bertz CT molecular complexity index is 957. The molecule has 2 unspecified atom stereocenters. The molecule has 1 saturated heterocycles. The first-order valence-electron chi connectivity index (χ1n) is 10.5. The molecule has 4 rings (SSSR count). The number of aliphatic imine (C=N–C) groups is 1. The summed E-state index contributed by atoms with van der Waals surface area (Å²) in [4.78, 5) is 40.3. The van der Waals surface area contributed by atoms with Crippen LogP contribution in [-0.2, 0) is 11.3 Å². The summed E-state index contributed by atoms with van der Waals surface area (Å²) < 4.78 is 13.3. The third-order valence-corrected chi connectivity index (χ3v) is 6.24. The Morgan fingerprint density at radius 1 is 1.06 bits per heavy atom. The lowest BCUT2D eigenvalue weighted by molar-refractivity contribution is -0.137. The zero-order valence-corrected chi connectivity index (χ0v) is 18.7. The number of carbonyl (C=O) groups excluding carboxylic acids is 2. The second kappa shape index (κ2) is 7.96. The van der Waals surface area contributed by atoms with E-state index < -0.39 is 18.2 Å². The molecule has 3 aliphatic heterocycles. The molecule has 3 aliphatic rings. The molecule has 0 bridgehead atoms. The van der Waals surface area contributed by atoms with E-state index in [0.29, 0.717) is 5.56 Å². The molecule has 3 heterocycles. The molecule has 1 fully saturated rings. The molecule has 0 saturated carbocycles. The zero-order valence-electron chi connectivity index (χ0n) is 18.7. The summed E-state index contributed by atoms with van der Waals surface area (Å²) in [6, 6.07) is 4.87. The van der Waals surface area contributed by atoms with Crippen molar-refractivity contribution in [1.82, 2.24) is 24.5 Å². The number of urea groups is 1. The Kier molecular flexibility index (Phi) is 5.47. The van der Waals surface area contributed by atoms with Crippen LogP contribution in [0.15, 0.2) is 40.7 Å². The molecule has 166 valence electrons. The quantitative estimate of drug-likeness (QED) is 0.695. The summed E-state index contributed by atoms with van der Waals surface area (Å²) in [5, 5.41) is 0. The molecule has 0 radical (unpaired) electrons. The fourth-order valence-corrected chi connectivity index (χ4v) is 4.41. The van der Waals surface area contributed by atoms with E-state index in [1.54, 1.807) is 19.2 Å². The van der Waals surface area contributed by atoms with E-state index in [2.05, 4.69) is 9.80 Å². The maximum absolute atomic E-state index is 13.5. The number of likely N-dealkylation sites (N-methyl/N-ethyl adjacent to an activating group) is 1. The minimum atomic E-state index is -0.591. The summed E-state index contributed by atoms with van der Waals surface area (Å²) >= 11 is 0. The van der Waals surface area contributed by atoms with Crippen LogP contribution in [0.1, 0.15) is 25.8 Å². The van der Waals surface area contributed by atoms with Gasteiger partial charge in [0.05, 0.1) is 6.54 Å². The van der Waals surface area contributed by atoms with Crippen molar-refractivity contribution in [2.45, 2.75) is 39.0 Å². The van der Waals surface area contributed by atoms with Crippen LogP contribution in [0, 0.1) is 5.82 Å². The first-order chi connectivity index (χ1) is 14.7. The minimum Gasteiger partial charge on any atom is -0.314 e. The van der Waals surface area contributed by atoms with Gasteiger partial charge in [0, 0.05) is 25.0 Å². The molecule has 0 spiro atoms. The summed E-state index contributed by atoms with van der Waals surface area (Å²) in [6.07, 6.45) is 0.401. The number of hydrogen-bond acceptors (Lipinski definition) is 6. The van der Waals surface area contributed by atoms with Gasteiger partial charge in [0.15, 0.2) is 12.2 Å². The van der Waals surface area contributed by atoms with E-state index in [1.165, 1.54) is 21.9 Å². The average Bonchev–Trinajstić information content (AvgIpc) is 3.22. The first kappa shape index (κ1) is 21.3. The van der Waals surface area contributed by atoms with Crippen LogP contribution in [-0.4, -0.2) is 88.8 Å². The maximum atomic E-state index is 13.5. The molecular formula is C22H29FN6O2. The van der Waals surface area contributed by atoms with Gasteiger partial charge in [0.2, 0.25) is 5.96 Å². The lowest BCUT2D eigenvalue weighted by atomic mass is 10.1. The molecule has 3 amide bonds. The van der Waals surface area contributed by atoms with Crippen molar-refractivity contribution in [2.24, 2.45) is 4.99 Å². The van der Waals surface area contributed by atoms with E-state index in [9.17, 15) is 14.0 Å². The zero-order chi connectivity index (χ0) is 22.4. The topological polar surface area (TPSA) is 62.7 Å². The highest BCUT2D eigenvalue weighted by Gasteiger charge is 2.55. The molecule has 1 aromatic rings. The molecule has 0 aliphatic carbocycles. The summed E-state index contributed by atoms with van der Waals surface area (Å²) in [5.74, 6) is 0.104. The van der Waals surface area contributed by atoms with Crippen LogP contribution in [0.5, 0.6) is 0 Å². The van der Waals surface area contributed by atoms with Gasteiger partial charge in [0.1, 0.15) is 5.82 Å². The van der Waals surface area contributed by atoms with Crippen molar-refractivity contribution in [2.75, 3.05) is 34.2 Å². The number of halogens is 1. The van der Waals surface area contributed by atoms with Gasteiger partial charge in [0.25, 0.3) is 5.91 Å². The fraction of sp³-hybridized carbons (Fsp3) is 0.500. The number of fused-ring (bicyclic) bond motifs is 3. The summed E-state index contributed by atoms with van der Waals surface area (Å²) in [5.41, 5.74) is 2.76. The van der Waals surface area contributed by atoms with Crippen molar-refractivity contribution in [1.29, 1.82) is 0 Å². The van der Waals surface area contributed by atoms with Gasteiger partial charge < -0.3 is 14.7 Å². The minimum absolute atomic E-state index is 0.100. The third-order valence-electron chi connectivity index (χ3n) is 6.24. The van der Waals surface area contributed by atoms with Gasteiger partial charge in [-0.1, -0.05) is 12.1 Å². The van der Waals surface area contributed by atoms with Gasteiger partial charge in [-0.15, -0.1) is 0 Å². The van der Waals surface area contributed by atoms with Gasteiger partial charge in [-0.25, -0.2) is 14.2 Å². The van der Waals surface area contributed by atoms with Crippen LogP contribution in [0.25, 0.3) is 0 Å². The second-order valence-corrected chi connectivity index (χ2v) is 8.58. The van der Waals surface area contributed by atoms with E-state index >= 15 is 0 Å². The number of guanidine groups is 1.